The fraction of sp³-hybridized carbons (Fsp3) is 0.273. The van der Waals surface area contributed by atoms with Crippen molar-refractivity contribution in [2.75, 3.05) is 12.4 Å². The van der Waals surface area contributed by atoms with Gasteiger partial charge in [-0.15, -0.1) is 0 Å². The number of rotatable bonds is 4. The van der Waals surface area contributed by atoms with Gasteiger partial charge in [0.15, 0.2) is 0 Å². The van der Waals surface area contributed by atoms with Crippen molar-refractivity contribution in [2.24, 2.45) is 0 Å². The van der Waals surface area contributed by atoms with Crippen LogP contribution in [0, 0.1) is 0 Å². The summed E-state index contributed by atoms with van der Waals surface area (Å²) in [7, 11) is 1.79. The molecule has 78 valence electrons. The summed E-state index contributed by atoms with van der Waals surface area (Å²) in [5, 5.41) is 2.85. The Hall–Kier alpha value is -1.84. The van der Waals surface area contributed by atoms with Gasteiger partial charge >= 0.3 is 0 Å². The molecule has 2 rings (SSSR count). The summed E-state index contributed by atoms with van der Waals surface area (Å²) >= 11 is 0. The Labute approximate surface area is 88.4 Å². The molecule has 0 radical (unpaired) electrons. The molecule has 2 aromatic heterocycles. The van der Waals surface area contributed by atoms with Crippen LogP contribution in [0.2, 0.25) is 0 Å². The standard InChI is InChI=1S/C11H13N3O/c1-12-11-14-10(8-15-11)6-5-9-4-2-3-7-13-9/h2-4,7-8H,5-6H2,1H3,(H,12,14). The van der Waals surface area contributed by atoms with E-state index < -0.39 is 0 Å². The molecule has 1 N–H and O–H groups in total. The quantitative estimate of drug-likeness (QED) is 0.824. The second kappa shape index (κ2) is 4.59. The van der Waals surface area contributed by atoms with E-state index in [4.69, 9.17) is 4.42 Å². The number of aryl methyl sites for hydroxylation is 2. The Morgan fingerprint density at radius 2 is 2.13 bits per heavy atom. The second-order valence-electron chi connectivity index (χ2n) is 3.22. The lowest BCUT2D eigenvalue weighted by Crippen LogP contribution is -1.94. The normalized spacial score (nSPS) is 10.2. The van der Waals surface area contributed by atoms with Gasteiger partial charge in [0.05, 0.1) is 5.69 Å². The molecule has 0 spiro atoms. The third-order valence-electron chi connectivity index (χ3n) is 2.13. The monoisotopic (exact) mass is 203 g/mol. The van der Waals surface area contributed by atoms with Gasteiger partial charge in [0.2, 0.25) is 0 Å². The average Bonchev–Trinajstić information content (AvgIpc) is 2.76. The zero-order valence-electron chi connectivity index (χ0n) is 8.60. The molecule has 2 heterocycles. The maximum Gasteiger partial charge on any atom is 0.294 e. The first-order chi connectivity index (χ1) is 7.38. The van der Waals surface area contributed by atoms with E-state index in [0.717, 1.165) is 24.2 Å². The van der Waals surface area contributed by atoms with E-state index in [1.807, 2.05) is 18.2 Å². The van der Waals surface area contributed by atoms with Crippen molar-refractivity contribution < 1.29 is 4.42 Å². The van der Waals surface area contributed by atoms with Gasteiger partial charge in [0.1, 0.15) is 6.26 Å². The first-order valence-corrected chi connectivity index (χ1v) is 4.90. The molecule has 0 saturated heterocycles. The van der Waals surface area contributed by atoms with Crippen LogP contribution < -0.4 is 5.32 Å². The van der Waals surface area contributed by atoms with E-state index in [9.17, 15) is 0 Å². The van der Waals surface area contributed by atoms with Crippen LogP contribution in [0.4, 0.5) is 6.01 Å². The molecule has 4 nitrogen and oxygen atoms in total. The fourth-order valence-corrected chi connectivity index (χ4v) is 1.34. The minimum absolute atomic E-state index is 0.561. The predicted molar refractivity (Wildman–Crippen MR) is 57.7 cm³/mol. The van der Waals surface area contributed by atoms with Crippen LogP contribution in [0.15, 0.2) is 35.1 Å². The fourth-order valence-electron chi connectivity index (χ4n) is 1.34. The summed E-state index contributed by atoms with van der Waals surface area (Å²) in [4.78, 5) is 8.48. The predicted octanol–water partition coefficient (Wildman–Crippen LogP) is 1.90. The maximum absolute atomic E-state index is 5.16. The van der Waals surface area contributed by atoms with Crippen LogP contribution in [-0.2, 0) is 12.8 Å². The first kappa shape index (κ1) is 9.71. The molecular formula is C11H13N3O. The van der Waals surface area contributed by atoms with E-state index in [0.29, 0.717) is 6.01 Å². The number of aromatic nitrogens is 2. The van der Waals surface area contributed by atoms with Crippen molar-refractivity contribution in [1.29, 1.82) is 0 Å². The van der Waals surface area contributed by atoms with Crippen LogP contribution >= 0.6 is 0 Å². The zero-order chi connectivity index (χ0) is 10.5. The lowest BCUT2D eigenvalue weighted by Gasteiger charge is -1.96. The SMILES string of the molecule is CNc1nc(CCc2ccccn2)co1. The van der Waals surface area contributed by atoms with Gasteiger partial charge in [0.25, 0.3) is 6.01 Å². The Kier molecular flexibility index (Phi) is 2.97. The highest BCUT2D eigenvalue weighted by Crippen LogP contribution is 2.08. The lowest BCUT2D eigenvalue weighted by molar-refractivity contribution is 0.573. The smallest absolute Gasteiger partial charge is 0.294 e. The number of pyridine rings is 1. The van der Waals surface area contributed by atoms with Crippen molar-refractivity contribution in [3.8, 4) is 0 Å². The summed E-state index contributed by atoms with van der Waals surface area (Å²) in [6, 6.07) is 6.48. The van der Waals surface area contributed by atoms with Crippen molar-refractivity contribution >= 4 is 6.01 Å². The third-order valence-corrected chi connectivity index (χ3v) is 2.13. The number of anilines is 1. The van der Waals surface area contributed by atoms with Crippen LogP contribution in [0.25, 0.3) is 0 Å². The zero-order valence-corrected chi connectivity index (χ0v) is 8.60. The van der Waals surface area contributed by atoms with Gasteiger partial charge in [-0.2, -0.15) is 4.98 Å². The highest BCUT2D eigenvalue weighted by molar-refractivity contribution is 5.20. The number of nitrogens with zero attached hydrogens (tertiary/aromatic N) is 2. The minimum atomic E-state index is 0.561. The topological polar surface area (TPSA) is 51.0 Å². The summed E-state index contributed by atoms with van der Waals surface area (Å²) in [5.41, 5.74) is 2.02. The van der Waals surface area contributed by atoms with E-state index in [2.05, 4.69) is 15.3 Å². The maximum atomic E-state index is 5.16. The Morgan fingerprint density at radius 1 is 1.27 bits per heavy atom. The van der Waals surface area contributed by atoms with Crippen molar-refractivity contribution in [2.45, 2.75) is 12.8 Å². The second-order valence-corrected chi connectivity index (χ2v) is 3.22. The molecule has 0 amide bonds. The molecule has 4 heteroatoms. The number of oxazole rings is 1. The molecule has 2 aromatic rings. The molecule has 0 aliphatic heterocycles. The van der Waals surface area contributed by atoms with Gasteiger partial charge in [-0.05, 0) is 25.0 Å². The van der Waals surface area contributed by atoms with Crippen LogP contribution in [-0.4, -0.2) is 17.0 Å². The van der Waals surface area contributed by atoms with E-state index >= 15 is 0 Å². The molecule has 0 aliphatic rings. The largest absolute Gasteiger partial charge is 0.432 e. The molecular weight excluding hydrogens is 190 g/mol. The van der Waals surface area contributed by atoms with Gasteiger partial charge in [-0.1, -0.05) is 6.07 Å². The van der Waals surface area contributed by atoms with Gasteiger partial charge in [-0.3, -0.25) is 4.98 Å². The molecule has 0 aliphatic carbocycles. The van der Waals surface area contributed by atoms with Crippen molar-refractivity contribution in [3.63, 3.8) is 0 Å². The van der Waals surface area contributed by atoms with Crippen molar-refractivity contribution in [3.05, 3.63) is 42.0 Å². The molecule has 0 fully saturated rings. The van der Waals surface area contributed by atoms with Gasteiger partial charge in [-0.25, -0.2) is 0 Å². The summed E-state index contributed by atoms with van der Waals surface area (Å²) in [6.45, 7) is 0. The van der Waals surface area contributed by atoms with Crippen molar-refractivity contribution in [1.82, 2.24) is 9.97 Å². The Balaban J connectivity index is 1.93. The van der Waals surface area contributed by atoms with E-state index in [1.165, 1.54) is 0 Å². The highest BCUT2D eigenvalue weighted by atomic mass is 16.4. The van der Waals surface area contributed by atoms with E-state index in [-0.39, 0.29) is 0 Å². The van der Waals surface area contributed by atoms with Crippen LogP contribution in [0.3, 0.4) is 0 Å². The van der Waals surface area contributed by atoms with Crippen LogP contribution in [0.5, 0.6) is 0 Å². The number of nitrogens with one attached hydrogen (secondary N) is 1. The summed E-state index contributed by atoms with van der Waals surface area (Å²) < 4.78 is 5.16. The number of hydrogen-bond donors (Lipinski definition) is 1. The highest BCUT2D eigenvalue weighted by Gasteiger charge is 2.02. The first-order valence-electron chi connectivity index (χ1n) is 4.90. The third kappa shape index (κ3) is 2.56. The molecule has 15 heavy (non-hydrogen) atoms. The van der Waals surface area contributed by atoms with Gasteiger partial charge in [0, 0.05) is 18.9 Å². The molecule has 0 saturated carbocycles. The van der Waals surface area contributed by atoms with E-state index in [1.54, 1.807) is 19.5 Å². The molecule has 0 atom stereocenters. The number of hydrogen-bond acceptors (Lipinski definition) is 4. The Bertz CT molecular complexity index is 411. The van der Waals surface area contributed by atoms with Gasteiger partial charge < -0.3 is 9.73 Å². The summed E-state index contributed by atoms with van der Waals surface area (Å²) in [6.07, 6.45) is 5.21. The summed E-state index contributed by atoms with van der Waals surface area (Å²) in [5.74, 6) is 0. The van der Waals surface area contributed by atoms with Crippen LogP contribution in [0.1, 0.15) is 11.4 Å². The molecule has 0 bridgehead atoms. The molecule has 0 unspecified atom stereocenters. The average molecular weight is 203 g/mol. The Morgan fingerprint density at radius 3 is 2.80 bits per heavy atom. The molecule has 0 aromatic carbocycles. The lowest BCUT2D eigenvalue weighted by atomic mass is 10.2. The minimum Gasteiger partial charge on any atom is -0.432 e.